The van der Waals surface area contributed by atoms with Crippen LogP contribution in [0.15, 0.2) is 65.6 Å². The second kappa shape index (κ2) is 9.59. The molecule has 1 fully saturated rings. The minimum atomic E-state index is -0.856. The molecule has 0 unspecified atom stereocenters. The van der Waals surface area contributed by atoms with Gasteiger partial charge in [0.2, 0.25) is 0 Å². The van der Waals surface area contributed by atoms with Crippen molar-refractivity contribution in [3.05, 3.63) is 76.0 Å². The lowest BCUT2D eigenvalue weighted by Crippen LogP contribution is -2.54. The maximum absolute atomic E-state index is 13.0. The number of imide groups is 2. The minimum Gasteiger partial charge on any atom is -0.497 e. The number of carbonyl (C=O) groups excluding carboxylic acids is 4. The zero-order valence-corrected chi connectivity index (χ0v) is 18.9. The molecule has 0 aliphatic carbocycles. The number of barbiturate groups is 1. The van der Waals surface area contributed by atoms with Crippen molar-refractivity contribution in [2.45, 2.75) is 0 Å². The molecule has 0 saturated carbocycles. The number of anilines is 1. The number of methoxy groups -OCH3 is 2. The number of nitrogens with zero attached hydrogens (tertiary/aromatic N) is 1. The van der Waals surface area contributed by atoms with E-state index in [2.05, 4.69) is 5.32 Å². The molecule has 0 spiro atoms. The SMILES string of the molecule is COc1ccc(N2C(=O)NC(=O)C(=Cc3ccc(OC(=O)c4cccs4)c(OC)c3)C2=O)cc1. The highest BCUT2D eigenvalue weighted by molar-refractivity contribution is 7.12. The Labute approximate surface area is 198 Å². The third-order valence-corrected chi connectivity index (χ3v) is 5.71. The van der Waals surface area contributed by atoms with Gasteiger partial charge in [-0.2, -0.15) is 0 Å². The largest absolute Gasteiger partial charge is 0.497 e. The maximum atomic E-state index is 13.0. The molecule has 4 amide bonds. The summed E-state index contributed by atoms with van der Waals surface area (Å²) in [5, 5.41) is 3.93. The number of thiophene rings is 1. The number of benzene rings is 2. The molecule has 172 valence electrons. The summed E-state index contributed by atoms with van der Waals surface area (Å²) in [6.45, 7) is 0. The van der Waals surface area contributed by atoms with Crippen molar-refractivity contribution < 1.29 is 33.4 Å². The van der Waals surface area contributed by atoms with E-state index in [9.17, 15) is 19.2 Å². The summed E-state index contributed by atoms with van der Waals surface area (Å²) in [6, 6.07) is 13.3. The molecule has 1 aromatic heterocycles. The van der Waals surface area contributed by atoms with Gasteiger partial charge in [-0.25, -0.2) is 14.5 Å². The monoisotopic (exact) mass is 478 g/mol. The average molecular weight is 478 g/mol. The van der Waals surface area contributed by atoms with Gasteiger partial charge in [0, 0.05) is 0 Å². The van der Waals surface area contributed by atoms with E-state index >= 15 is 0 Å². The number of hydrogen-bond acceptors (Lipinski definition) is 8. The Bertz CT molecular complexity index is 1300. The summed E-state index contributed by atoms with van der Waals surface area (Å²) in [6.07, 6.45) is 1.33. The summed E-state index contributed by atoms with van der Waals surface area (Å²) >= 11 is 1.25. The number of carbonyl (C=O) groups is 4. The number of nitrogens with one attached hydrogen (secondary N) is 1. The summed E-state index contributed by atoms with van der Waals surface area (Å²) in [7, 11) is 2.90. The Morgan fingerprint density at radius 2 is 1.74 bits per heavy atom. The molecule has 34 heavy (non-hydrogen) atoms. The lowest BCUT2D eigenvalue weighted by Gasteiger charge is -2.26. The molecule has 0 bridgehead atoms. The van der Waals surface area contributed by atoms with Crippen LogP contribution in [-0.4, -0.2) is 38.0 Å². The molecule has 1 aliphatic rings. The first kappa shape index (κ1) is 22.7. The molecule has 1 N–H and O–H groups in total. The second-order valence-corrected chi connectivity index (χ2v) is 7.88. The Hall–Kier alpha value is -4.44. The van der Waals surface area contributed by atoms with Crippen LogP contribution in [0.5, 0.6) is 17.2 Å². The first-order chi connectivity index (χ1) is 16.4. The van der Waals surface area contributed by atoms with E-state index in [0.717, 1.165) is 4.90 Å². The Morgan fingerprint density at radius 3 is 2.38 bits per heavy atom. The summed E-state index contributed by atoms with van der Waals surface area (Å²) in [5.74, 6) is -1.19. The molecule has 10 heteroatoms. The minimum absolute atomic E-state index is 0.178. The van der Waals surface area contributed by atoms with Crippen LogP contribution in [0.4, 0.5) is 10.5 Å². The zero-order chi connectivity index (χ0) is 24.2. The topological polar surface area (TPSA) is 111 Å². The quantitative estimate of drug-likeness (QED) is 0.249. The number of amides is 4. The van der Waals surface area contributed by atoms with Gasteiger partial charge < -0.3 is 14.2 Å². The van der Waals surface area contributed by atoms with E-state index < -0.39 is 23.8 Å². The number of rotatable bonds is 6. The molecular formula is C24H18N2O7S. The molecule has 1 aliphatic heterocycles. The zero-order valence-electron chi connectivity index (χ0n) is 18.1. The fraction of sp³-hybridized carbons (Fsp3) is 0.0833. The van der Waals surface area contributed by atoms with Gasteiger partial charge in [0.15, 0.2) is 11.5 Å². The molecule has 3 aromatic rings. The summed E-state index contributed by atoms with van der Waals surface area (Å²) in [5.41, 5.74) is 0.450. The molecular weight excluding hydrogens is 460 g/mol. The van der Waals surface area contributed by atoms with E-state index in [4.69, 9.17) is 14.2 Å². The van der Waals surface area contributed by atoms with E-state index in [0.29, 0.717) is 16.2 Å². The Kier molecular flexibility index (Phi) is 6.42. The second-order valence-electron chi connectivity index (χ2n) is 6.93. The van der Waals surface area contributed by atoms with Gasteiger partial charge >= 0.3 is 12.0 Å². The highest BCUT2D eigenvalue weighted by atomic mass is 32.1. The van der Waals surface area contributed by atoms with Crippen molar-refractivity contribution >= 4 is 46.9 Å². The lowest BCUT2D eigenvalue weighted by molar-refractivity contribution is -0.122. The number of hydrogen-bond donors (Lipinski definition) is 1. The number of esters is 1. The van der Waals surface area contributed by atoms with E-state index in [-0.39, 0.29) is 22.8 Å². The van der Waals surface area contributed by atoms with Crippen LogP contribution in [0.2, 0.25) is 0 Å². The van der Waals surface area contributed by atoms with Gasteiger partial charge in [-0.05, 0) is 59.5 Å². The molecule has 2 aromatic carbocycles. The third-order valence-electron chi connectivity index (χ3n) is 4.86. The standard InChI is InChI=1S/C24H18N2O7S/c1-31-16-8-6-15(7-9-16)26-22(28)17(21(27)25-24(26)30)12-14-5-10-18(19(13-14)32-2)33-23(29)20-4-3-11-34-20/h3-13H,1-2H3,(H,25,27,30). The van der Waals surface area contributed by atoms with Crippen molar-refractivity contribution in [1.29, 1.82) is 0 Å². The van der Waals surface area contributed by atoms with Crippen molar-refractivity contribution in [2.75, 3.05) is 19.1 Å². The van der Waals surface area contributed by atoms with Gasteiger partial charge in [0.05, 0.1) is 19.9 Å². The van der Waals surface area contributed by atoms with Gasteiger partial charge in [-0.15, -0.1) is 11.3 Å². The molecule has 2 heterocycles. The highest BCUT2D eigenvalue weighted by Crippen LogP contribution is 2.31. The van der Waals surface area contributed by atoms with Crippen molar-refractivity contribution in [2.24, 2.45) is 0 Å². The fourth-order valence-corrected chi connectivity index (χ4v) is 3.79. The van der Waals surface area contributed by atoms with Crippen LogP contribution >= 0.6 is 11.3 Å². The molecule has 9 nitrogen and oxygen atoms in total. The van der Waals surface area contributed by atoms with Crippen LogP contribution in [-0.2, 0) is 9.59 Å². The number of ether oxygens (including phenoxy) is 3. The first-order valence-electron chi connectivity index (χ1n) is 9.90. The number of urea groups is 1. The van der Waals surface area contributed by atoms with Crippen LogP contribution in [0.1, 0.15) is 15.2 Å². The summed E-state index contributed by atoms with van der Waals surface area (Å²) in [4.78, 5) is 51.4. The predicted octanol–water partition coefficient (Wildman–Crippen LogP) is 3.65. The normalized spacial score (nSPS) is 14.7. The summed E-state index contributed by atoms with van der Waals surface area (Å²) < 4.78 is 15.8. The predicted molar refractivity (Wildman–Crippen MR) is 124 cm³/mol. The van der Waals surface area contributed by atoms with Crippen molar-refractivity contribution in [1.82, 2.24) is 5.32 Å². The smallest absolute Gasteiger partial charge is 0.353 e. The Balaban J connectivity index is 1.62. The van der Waals surface area contributed by atoms with E-state index in [1.807, 2.05) is 0 Å². The van der Waals surface area contributed by atoms with E-state index in [1.54, 1.807) is 35.7 Å². The Morgan fingerprint density at radius 1 is 0.971 bits per heavy atom. The molecule has 0 atom stereocenters. The van der Waals surface area contributed by atoms with Crippen LogP contribution in [0.25, 0.3) is 6.08 Å². The molecule has 1 saturated heterocycles. The first-order valence-corrected chi connectivity index (χ1v) is 10.8. The lowest BCUT2D eigenvalue weighted by atomic mass is 10.1. The van der Waals surface area contributed by atoms with Crippen molar-refractivity contribution in [3.63, 3.8) is 0 Å². The van der Waals surface area contributed by atoms with Crippen LogP contribution in [0, 0.1) is 0 Å². The van der Waals surface area contributed by atoms with Gasteiger partial charge in [0.1, 0.15) is 16.2 Å². The van der Waals surface area contributed by atoms with Crippen molar-refractivity contribution in [3.8, 4) is 17.2 Å². The van der Waals surface area contributed by atoms with Gasteiger partial charge in [-0.1, -0.05) is 12.1 Å². The van der Waals surface area contributed by atoms with Gasteiger partial charge in [0.25, 0.3) is 11.8 Å². The fourth-order valence-electron chi connectivity index (χ4n) is 3.19. The average Bonchev–Trinajstić information content (AvgIpc) is 3.38. The molecule has 4 rings (SSSR count). The van der Waals surface area contributed by atoms with Gasteiger partial charge in [-0.3, -0.25) is 14.9 Å². The van der Waals surface area contributed by atoms with E-state index in [1.165, 1.54) is 55.9 Å². The highest BCUT2D eigenvalue weighted by Gasteiger charge is 2.36. The van der Waals surface area contributed by atoms with Crippen LogP contribution < -0.4 is 24.4 Å². The molecule has 0 radical (unpaired) electrons. The van der Waals surface area contributed by atoms with Crippen LogP contribution in [0.3, 0.4) is 0 Å². The third kappa shape index (κ3) is 4.52. The maximum Gasteiger partial charge on any atom is 0.353 e.